The predicted octanol–water partition coefficient (Wildman–Crippen LogP) is 6.10. The Morgan fingerprint density at radius 2 is 1.38 bits per heavy atom. The molecule has 400 valence electrons. The summed E-state index contributed by atoms with van der Waals surface area (Å²) in [6, 6.07) is 6.98. The van der Waals surface area contributed by atoms with E-state index in [1.807, 2.05) is 20.8 Å². The van der Waals surface area contributed by atoms with Crippen LogP contribution >= 0.6 is 0 Å². The third-order valence-corrected chi connectivity index (χ3v) is 15.6. The van der Waals surface area contributed by atoms with E-state index in [-0.39, 0.29) is 55.1 Å². The van der Waals surface area contributed by atoms with E-state index in [0.717, 1.165) is 0 Å². The van der Waals surface area contributed by atoms with Gasteiger partial charge in [0, 0.05) is 60.4 Å². The average molecular weight is 1090 g/mol. The van der Waals surface area contributed by atoms with E-state index >= 15 is 0 Å². The monoisotopic (exact) mass is 1090 g/mol. The lowest BCUT2D eigenvalue weighted by Gasteiger charge is -2.30. The summed E-state index contributed by atoms with van der Waals surface area (Å²) >= 11 is 0. The topological polar surface area (TPSA) is 328 Å². The van der Waals surface area contributed by atoms with Gasteiger partial charge in [-0.25, -0.2) is 9.59 Å². The molecule has 0 saturated heterocycles. The van der Waals surface area contributed by atoms with Crippen LogP contribution in [0.5, 0.6) is 0 Å². The molecule has 4 rings (SSSR count). The zero-order valence-corrected chi connectivity index (χ0v) is 44.5. The highest BCUT2D eigenvalue weighted by Crippen LogP contribution is 2.51. The van der Waals surface area contributed by atoms with Crippen molar-refractivity contribution in [3.63, 3.8) is 0 Å². The molecular weight excluding hydrogens is 1020 g/mol. The van der Waals surface area contributed by atoms with Gasteiger partial charge in [-0.1, -0.05) is 31.1 Å². The van der Waals surface area contributed by atoms with Gasteiger partial charge in [0.15, 0.2) is 5.71 Å². The number of nitrogens with one attached hydrogen (secondary N) is 2. The largest absolute Gasteiger partial charge is 0.480 e. The lowest BCUT2D eigenvalue weighted by Crippen LogP contribution is -2.40. The Morgan fingerprint density at radius 1 is 0.764 bits per heavy atom. The second-order valence-electron chi connectivity index (χ2n) is 19.5. The van der Waals surface area contributed by atoms with Crippen LogP contribution < -0.4 is 15.5 Å². The number of aliphatic carboxylic acids is 1. The molecule has 0 saturated carbocycles. The molecule has 0 spiro atoms. The number of hydrogen-bond acceptors (Lipinski definition) is 13. The van der Waals surface area contributed by atoms with Gasteiger partial charge < -0.3 is 25.4 Å². The summed E-state index contributed by atoms with van der Waals surface area (Å²) in [5, 5.41) is 14.9. The number of allylic oxidation sites excluding steroid dienone is 6. The number of benzene rings is 2. The van der Waals surface area contributed by atoms with Crippen molar-refractivity contribution in [3.05, 3.63) is 83.6 Å². The van der Waals surface area contributed by atoms with E-state index < -0.39 is 92.4 Å². The van der Waals surface area contributed by atoms with Crippen LogP contribution in [0.2, 0.25) is 0 Å². The number of carbonyl (C=O) groups is 3. The molecule has 2 amide bonds. The van der Waals surface area contributed by atoms with Gasteiger partial charge in [-0.05, 0) is 122 Å². The van der Waals surface area contributed by atoms with Crippen molar-refractivity contribution >= 4 is 75.5 Å². The van der Waals surface area contributed by atoms with Crippen molar-refractivity contribution in [2.75, 3.05) is 36.0 Å². The van der Waals surface area contributed by atoms with Crippen molar-refractivity contribution in [1.29, 1.82) is 0 Å². The number of nitrogens with zero attached hydrogens (tertiary/aromatic N) is 2. The standard InChI is InChI=1S/C47H66N4O17S4/c1-45(2,3)68-44(55)48-26-14-12-17-37(43(53)54)49-42(52)20-11-8-13-25-47(6)36-32-34(72(65,66)67)22-24-39(36)51(28-16-30-70(59,60)61)41(47)19-10-7-9-18-40-46(4,5)35-31-33(71(62,63)64)21-23-38(35)50(40)27-15-29-69(56,57)58/h7,9-10,18-19,21-24,31-32,37H,8,11-17,20,25-30H2,1-6H3,(H6-,48,49,52,53,54,55,56,57,58,59,60,61,62,63,64,65,66,67)/p+1. The molecule has 72 heavy (non-hydrogen) atoms. The fourth-order valence-corrected chi connectivity index (χ4v) is 10.9. The summed E-state index contributed by atoms with van der Waals surface area (Å²) in [6.45, 7) is 11.1. The highest BCUT2D eigenvalue weighted by atomic mass is 32.2. The van der Waals surface area contributed by atoms with Crippen LogP contribution in [0.25, 0.3) is 0 Å². The number of amides is 2. The molecule has 7 N–H and O–H groups in total. The normalized spacial score (nSPS) is 18.2. The van der Waals surface area contributed by atoms with Crippen molar-refractivity contribution in [2.24, 2.45) is 0 Å². The number of unbranched alkanes of at least 4 members (excludes halogenated alkanes) is 3. The third kappa shape index (κ3) is 17.0. The predicted molar refractivity (Wildman–Crippen MR) is 269 cm³/mol. The Bertz CT molecular complexity index is 2940. The zero-order chi connectivity index (χ0) is 54.1. The molecule has 2 atom stereocenters. The van der Waals surface area contributed by atoms with Crippen LogP contribution in [-0.2, 0) is 65.6 Å². The number of rotatable bonds is 26. The third-order valence-electron chi connectivity index (χ3n) is 12.3. The molecule has 25 heteroatoms. The molecule has 0 aromatic heterocycles. The van der Waals surface area contributed by atoms with Crippen LogP contribution in [0.3, 0.4) is 0 Å². The van der Waals surface area contributed by atoms with Crippen LogP contribution in [0.15, 0.2) is 82.3 Å². The molecule has 0 radical (unpaired) electrons. The van der Waals surface area contributed by atoms with Gasteiger partial charge >= 0.3 is 12.1 Å². The molecule has 0 aliphatic carbocycles. The molecule has 0 bridgehead atoms. The number of hydrogen-bond donors (Lipinski definition) is 7. The van der Waals surface area contributed by atoms with Gasteiger partial charge in [-0.2, -0.15) is 38.2 Å². The molecule has 2 aliphatic heterocycles. The summed E-state index contributed by atoms with van der Waals surface area (Å²) in [4.78, 5) is 37.9. The zero-order valence-electron chi connectivity index (χ0n) is 41.2. The minimum atomic E-state index is -4.68. The van der Waals surface area contributed by atoms with E-state index in [2.05, 4.69) is 10.6 Å². The molecule has 2 aromatic carbocycles. The average Bonchev–Trinajstić information content (AvgIpc) is 3.59. The SMILES string of the molecule is CC(C)(C)OC(=O)NCCCCC(NC(=O)CCCCCC1(C)\C(=C/C=C/C=C/C2=[N+](CCCS(=O)(=O)O)c3ccc(S(=O)(=O)O)cc3C2(C)C)N(CCCS(=O)(=O)O)c2ccc(S(=O)(=O)O)cc21)C(=O)O. The number of fused-ring (bicyclic) bond motifs is 2. The van der Waals surface area contributed by atoms with E-state index in [1.165, 1.54) is 36.4 Å². The second kappa shape index (κ2) is 23.9. The number of ether oxygens (including phenoxy) is 1. The lowest BCUT2D eigenvalue weighted by atomic mass is 9.77. The van der Waals surface area contributed by atoms with E-state index in [0.29, 0.717) is 72.4 Å². The Hall–Kier alpha value is -5.02. The molecule has 0 fully saturated rings. The fourth-order valence-electron chi connectivity index (χ4n) is 8.86. The first-order chi connectivity index (χ1) is 33.1. The number of anilines is 1. The minimum Gasteiger partial charge on any atom is -0.480 e. The van der Waals surface area contributed by atoms with Gasteiger partial charge in [0.1, 0.15) is 18.2 Å². The smallest absolute Gasteiger partial charge is 0.407 e. The van der Waals surface area contributed by atoms with E-state index in [4.69, 9.17) is 4.74 Å². The lowest BCUT2D eigenvalue weighted by molar-refractivity contribution is -0.437. The molecular formula is C47H67N4O17S4+. The van der Waals surface area contributed by atoms with Crippen LogP contribution in [0, 0.1) is 0 Å². The first-order valence-electron chi connectivity index (χ1n) is 23.3. The fraction of sp³-hybridized carbons (Fsp3) is 0.532. The van der Waals surface area contributed by atoms with Gasteiger partial charge in [0.05, 0.1) is 26.7 Å². The summed E-state index contributed by atoms with van der Waals surface area (Å²) in [5.74, 6) is -2.79. The maximum absolute atomic E-state index is 12.9. The molecule has 2 unspecified atom stereocenters. The molecule has 2 aromatic rings. The van der Waals surface area contributed by atoms with Crippen LogP contribution in [-0.4, -0.2) is 128 Å². The maximum Gasteiger partial charge on any atom is 0.407 e. The van der Waals surface area contributed by atoms with Gasteiger partial charge in [-0.3, -0.25) is 23.0 Å². The van der Waals surface area contributed by atoms with Crippen LogP contribution in [0.1, 0.15) is 117 Å². The number of carboxylic acids is 1. The van der Waals surface area contributed by atoms with Gasteiger partial charge in [0.25, 0.3) is 40.5 Å². The Kier molecular flexibility index (Phi) is 19.8. The number of carbonyl (C=O) groups excluding carboxylic acids is 2. The van der Waals surface area contributed by atoms with E-state index in [9.17, 15) is 71.4 Å². The summed E-state index contributed by atoms with van der Waals surface area (Å²) in [6.07, 6.45) is 10.5. The first-order valence-corrected chi connectivity index (χ1v) is 29.4. The minimum absolute atomic E-state index is 0.00423. The number of carboxylic acid groups (broad SMARTS) is 1. The van der Waals surface area contributed by atoms with Crippen molar-refractivity contribution in [3.8, 4) is 0 Å². The Morgan fingerprint density at radius 3 is 1.97 bits per heavy atom. The highest BCUT2D eigenvalue weighted by Gasteiger charge is 2.46. The highest BCUT2D eigenvalue weighted by molar-refractivity contribution is 7.86. The van der Waals surface area contributed by atoms with Crippen molar-refractivity contribution < 1.29 is 80.7 Å². The maximum atomic E-state index is 12.9. The van der Waals surface area contributed by atoms with Gasteiger partial charge in [-0.15, -0.1) is 0 Å². The summed E-state index contributed by atoms with van der Waals surface area (Å²) in [5.41, 5.74) is 0.779. The quantitative estimate of drug-likeness (QED) is 0.0242. The summed E-state index contributed by atoms with van der Waals surface area (Å²) < 4.78 is 142. The number of alkyl carbamates (subject to hydrolysis) is 1. The molecule has 2 aliphatic rings. The van der Waals surface area contributed by atoms with Crippen molar-refractivity contribution in [1.82, 2.24) is 10.6 Å². The van der Waals surface area contributed by atoms with Crippen LogP contribution in [0.4, 0.5) is 16.2 Å². The first kappa shape index (κ1) is 59.5. The second-order valence-corrected chi connectivity index (χ2v) is 25.5. The van der Waals surface area contributed by atoms with Gasteiger partial charge in [0.2, 0.25) is 11.6 Å². The Balaban J connectivity index is 1.59. The van der Waals surface area contributed by atoms with E-state index in [1.54, 1.807) is 60.6 Å². The molecule has 2 heterocycles. The molecule has 21 nitrogen and oxygen atoms in total. The summed E-state index contributed by atoms with van der Waals surface area (Å²) in [7, 11) is -17.9. The Labute approximate surface area is 422 Å². The van der Waals surface area contributed by atoms with Crippen molar-refractivity contribution in [2.45, 2.75) is 138 Å².